The molecule has 3 heterocycles. The van der Waals surface area contributed by atoms with E-state index in [0.717, 1.165) is 48.9 Å². The Morgan fingerprint density at radius 3 is 2.72 bits per heavy atom. The number of fused-ring (bicyclic) bond motifs is 1. The molecular weight excluding hydrogens is 318 g/mol. The van der Waals surface area contributed by atoms with Crippen molar-refractivity contribution in [3.63, 3.8) is 0 Å². The minimum Gasteiger partial charge on any atom is -0.376 e. The van der Waals surface area contributed by atoms with Crippen molar-refractivity contribution in [2.45, 2.75) is 57.7 Å². The number of nitrogens with one attached hydrogen (secondary N) is 1. The van der Waals surface area contributed by atoms with Gasteiger partial charge in [0, 0.05) is 36.5 Å². The Kier molecular flexibility index (Phi) is 4.48. The molecule has 2 aliphatic rings. The molecule has 2 aromatic rings. The Morgan fingerprint density at radius 2 is 1.96 bits per heavy atom. The Morgan fingerprint density at radius 1 is 1.20 bits per heavy atom. The first kappa shape index (κ1) is 16.2. The largest absolute Gasteiger partial charge is 0.376 e. The molecule has 7 nitrogen and oxygen atoms in total. The van der Waals surface area contributed by atoms with Crippen LogP contribution in [-0.4, -0.2) is 32.4 Å². The summed E-state index contributed by atoms with van der Waals surface area (Å²) in [4.78, 5) is 21.0. The first-order valence-corrected chi connectivity index (χ1v) is 8.93. The molecule has 0 saturated heterocycles. The zero-order valence-electron chi connectivity index (χ0n) is 14.4. The highest BCUT2D eigenvalue weighted by Gasteiger charge is 2.25. The lowest BCUT2D eigenvalue weighted by atomic mass is 9.91. The van der Waals surface area contributed by atoms with E-state index in [9.17, 15) is 4.79 Å². The molecule has 25 heavy (non-hydrogen) atoms. The molecule has 0 bridgehead atoms. The molecule has 0 radical (unpaired) electrons. The van der Waals surface area contributed by atoms with Crippen LogP contribution in [0.25, 0.3) is 0 Å². The summed E-state index contributed by atoms with van der Waals surface area (Å²) in [6, 6.07) is 2.23. The number of rotatable bonds is 3. The van der Waals surface area contributed by atoms with Crippen LogP contribution in [0.3, 0.4) is 0 Å². The summed E-state index contributed by atoms with van der Waals surface area (Å²) in [5.41, 5.74) is 3.00. The second-order valence-corrected chi connectivity index (χ2v) is 6.94. The molecule has 1 aliphatic heterocycles. The van der Waals surface area contributed by atoms with E-state index in [1.807, 2.05) is 19.3 Å². The van der Waals surface area contributed by atoms with Gasteiger partial charge in [-0.05, 0) is 38.2 Å². The van der Waals surface area contributed by atoms with Gasteiger partial charge in [0.15, 0.2) is 0 Å². The molecule has 4 rings (SSSR count). The average Bonchev–Trinajstić information content (AvgIpc) is 2.64. The number of nitrogens with zero attached hydrogens (tertiary/aromatic N) is 4. The molecule has 1 saturated carbocycles. The van der Waals surface area contributed by atoms with Crippen molar-refractivity contribution in [2.75, 3.05) is 11.9 Å². The summed E-state index contributed by atoms with van der Waals surface area (Å²) >= 11 is 0. The van der Waals surface area contributed by atoms with Crippen LogP contribution in [0, 0.1) is 6.92 Å². The van der Waals surface area contributed by atoms with E-state index in [2.05, 4.69) is 20.4 Å². The molecule has 0 unspecified atom stereocenters. The molecule has 1 fully saturated rings. The van der Waals surface area contributed by atoms with Crippen LogP contribution < -0.4 is 10.9 Å². The lowest BCUT2D eigenvalue weighted by Gasteiger charge is -2.30. The van der Waals surface area contributed by atoms with Crippen molar-refractivity contribution < 1.29 is 4.74 Å². The summed E-state index contributed by atoms with van der Waals surface area (Å²) in [7, 11) is 0. The van der Waals surface area contributed by atoms with Gasteiger partial charge in [0.1, 0.15) is 0 Å². The van der Waals surface area contributed by atoms with Gasteiger partial charge in [0.2, 0.25) is 5.95 Å². The van der Waals surface area contributed by atoms with Crippen molar-refractivity contribution >= 4 is 5.95 Å². The summed E-state index contributed by atoms with van der Waals surface area (Å²) in [6.45, 7) is 3.17. The number of hydrogen-bond acceptors (Lipinski definition) is 6. The predicted octanol–water partition coefficient (Wildman–Crippen LogP) is 2.01. The van der Waals surface area contributed by atoms with Gasteiger partial charge in [-0.3, -0.25) is 4.79 Å². The number of hydrogen-bond donors (Lipinski definition) is 1. The molecule has 0 atom stereocenters. The monoisotopic (exact) mass is 341 g/mol. The van der Waals surface area contributed by atoms with Crippen molar-refractivity contribution in [1.82, 2.24) is 19.7 Å². The third kappa shape index (κ3) is 3.56. The number of aryl methyl sites for hydroxylation is 1. The molecule has 2 aromatic heterocycles. The Balaban J connectivity index is 1.42. The number of anilines is 1. The SMILES string of the molecule is Cc1cnc(NC2CCC(n3nc4c(cc3=O)COCC4)CC2)nc1. The van der Waals surface area contributed by atoms with E-state index in [0.29, 0.717) is 25.2 Å². The Hall–Kier alpha value is -2.28. The fourth-order valence-corrected chi connectivity index (χ4v) is 3.60. The summed E-state index contributed by atoms with van der Waals surface area (Å²) < 4.78 is 7.10. The molecule has 1 N–H and O–H groups in total. The zero-order valence-corrected chi connectivity index (χ0v) is 14.4. The molecule has 0 spiro atoms. The standard InChI is InChI=1S/C18H23N5O2/c1-12-9-19-18(20-10-12)21-14-2-4-15(5-3-14)23-17(24)8-13-11-25-7-6-16(13)22-23/h8-10,14-15H,2-7,11H2,1H3,(H,19,20,21). The van der Waals surface area contributed by atoms with Gasteiger partial charge in [0.25, 0.3) is 5.56 Å². The topological polar surface area (TPSA) is 81.9 Å². The first-order chi connectivity index (χ1) is 12.2. The highest BCUT2D eigenvalue weighted by Crippen LogP contribution is 2.28. The third-order valence-corrected chi connectivity index (χ3v) is 5.02. The first-order valence-electron chi connectivity index (χ1n) is 8.93. The van der Waals surface area contributed by atoms with Crippen molar-refractivity contribution in [1.29, 1.82) is 0 Å². The lowest BCUT2D eigenvalue weighted by molar-refractivity contribution is 0.107. The average molecular weight is 341 g/mol. The maximum absolute atomic E-state index is 12.4. The van der Waals surface area contributed by atoms with E-state index >= 15 is 0 Å². The quantitative estimate of drug-likeness (QED) is 0.920. The van der Waals surface area contributed by atoms with E-state index in [1.54, 1.807) is 10.7 Å². The molecule has 7 heteroatoms. The van der Waals surface area contributed by atoms with Gasteiger partial charge in [0.05, 0.1) is 24.9 Å². The third-order valence-electron chi connectivity index (χ3n) is 5.02. The second-order valence-electron chi connectivity index (χ2n) is 6.94. The Labute approximate surface area is 146 Å². The van der Waals surface area contributed by atoms with Gasteiger partial charge in [-0.25, -0.2) is 14.6 Å². The van der Waals surface area contributed by atoms with E-state index < -0.39 is 0 Å². The Bertz CT molecular complexity index is 794. The van der Waals surface area contributed by atoms with Crippen LogP contribution in [0.4, 0.5) is 5.95 Å². The second kappa shape index (κ2) is 6.92. The molecule has 132 valence electrons. The maximum atomic E-state index is 12.4. The van der Waals surface area contributed by atoms with E-state index in [-0.39, 0.29) is 11.6 Å². The molecule has 0 amide bonds. The van der Waals surface area contributed by atoms with Crippen LogP contribution >= 0.6 is 0 Å². The zero-order chi connectivity index (χ0) is 17.2. The van der Waals surface area contributed by atoms with Crippen LogP contribution in [0.5, 0.6) is 0 Å². The van der Waals surface area contributed by atoms with E-state index in [1.165, 1.54) is 0 Å². The van der Waals surface area contributed by atoms with Crippen molar-refractivity contribution in [3.8, 4) is 0 Å². The smallest absolute Gasteiger partial charge is 0.267 e. The number of aromatic nitrogens is 4. The lowest BCUT2D eigenvalue weighted by Crippen LogP contribution is -2.35. The predicted molar refractivity (Wildman–Crippen MR) is 93.5 cm³/mol. The van der Waals surface area contributed by atoms with Gasteiger partial charge in [-0.1, -0.05) is 0 Å². The normalized spacial score (nSPS) is 23.1. The summed E-state index contributed by atoms with van der Waals surface area (Å²) in [5, 5.41) is 8.03. The van der Waals surface area contributed by atoms with Crippen LogP contribution in [0.1, 0.15) is 48.5 Å². The fourth-order valence-electron chi connectivity index (χ4n) is 3.60. The minimum absolute atomic E-state index is 0.0115. The van der Waals surface area contributed by atoms with Gasteiger partial charge >= 0.3 is 0 Å². The van der Waals surface area contributed by atoms with Gasteiger partial charge < -0.3 is 10.1 Å². The molecule has 0 aromatic carbocycles. The van der Waals surface area contributed by atoms with Crippen LogP contribution in [0.15, 0.2) is 23.3 Å². The van der Waals surface area contributed by atoms with Crippen LogP contribution in [-0.2, 0) is 17.8 Å². The fraction of sp³-hybridized carbons (Fsp3) is 0.556. The number of ether oxygens (including phenoxy) is 1. The summed E-state index contributed by atoms with van der Waals surface area (Å²) in [6.07, 6.45) is 8.27. The van der Waals surface area contributed by atoms with Crippen molar-refractivity contribution in [2.24, 2.45) is 0 Å². The summed E-state index contributed by atoms with van der Waals surface area (Å²) in [5.74, 6) is 0.679. The molecular formula is C18H23N5O2. The highest BCUT2D eigenvalue weighted by molar-refractivity contribution is 5.26. The molecule has 1 aliphatic carbocycles. The van der Waals surface area contributed by atoms with E-state index in [4.69, 9.17) is 4.74 Å². The van der Waals surface area contributed by atoms with Gasteiger partial charge in [-0.2, -0.15) is 5.10 Å². The maximum Gasteiger partial charge on any atom is 0.267 e. The van der Waals surface area contributed by atoms with Gasteiger partial charge in [-0.15, -0.1) is 0 Å². The van der Waals surface area contributed by atoms with Crippen LogP contribution in [0.2, 0.25) is 0 Å². The highest BCUT2D eigenvalue weighted by atomic mass is 16.5. The van der Waals surface area contributed by atoms with Crippen molar-refractivity contribution in [3.05, 3.63) is 45.6 Å². The minimum atomic E-state index is -0.0115.